The molecule has 0 aliphatic heterocycles. The molecule has 0 fully saturated rings. The van der Waals surface area contributed by atoms with Crippen LogP contribution in [0, 0.1) is 0 Å². The summed E-state index contributed by atoms with van der Waals surface area (Å²) >= 11 is 0. The normalized spacial score (nSPS) is 10.4. The van der Waals surface area contributed by atoms with E-state index in [0.717, 1.165) is 16.9 Å². The summed E-state index contributed by atoms with van der Waals surface area (Å²) in [6.07, 6.45) is 1.70. The molecule has 0 spiro atoms. The lowest BCUT2D eigenvalue weighted by Gasteiger charge is -2.08. The molecule has 98 valence electrons. The Balaban J connectivity index is 2.10. The van der Waals surface area contributed by atoms with Crippen LogP contribution in [-0.4, -0.2) is 20.9 Å². The van der Waals surface area contributed by atoms with Crippen molar-refractivity contribution in [3.05, 3.63) is 72.4 Å². The fourth-order valence-electron chi connectivity index (χ4n) is 2.11. The van der Waals surface area contributed by atoms with Crippen LogP contribution in [0.25, 0.3) is 16.9 Å². The van der Waals surface area contributed by atoms with Crippen molar-refractivity contribution < 1.29 is 9.90 Å². The fourth-order valence-corrected chi connectivity index (χ4v) is 2.11. The number of hydrogen-bond acceptors (Lipinski definition) is 2. The maximum absolute atomic E-state index is 11.1. The minimum absolute atomic E-state index is 0.267. The van der Waals surface area contributed by atoms with Gasteiger partial charge in [-0.15, -0.1) is 0 Å². The quantitative estimate of drug-likeness (QED) is 0.790. The Hall–Kier alpha value is -2.88. The molecule has 4 heteroatoms. The van der Waals surface area contributed by atoms with Gasteiger partial charge in [0.1, 0.15) is 0 Å². The smallest absolute Gasteiger partial charge is 0.335 e. The second-order valence-corrected chi connectivity index (χ2v) is 4.35. The highest BCUT2D eigenvalue weighted by Gasteiger charge is 2.09. The molecule has 3 aromatic rings. The minimum atomic E-state index is -0.933. The first-order chi connectivity index (χ1) is 9.75. The number of aromatic carboxylic acids is 1. The third kappa shape index (κ3) is 2.19. The van der Waals surface area contributed by atoms with Crippen LogP contribution in [0.15, 0.2) is 66.9 Å². The number of carbonyl (C=O) groups is 1. The highest BCUT2D eigenvalue weighted by atomic mass is 16.4. The Morgan fingerprint density at radius 3 is 2.55 bits per heavy atom. The number of para-hydroxylation sites is 1. The van der Waals surface area contributed by atoms with Crippen molar-refractivity contribution in [3.8, 4) is 16.9 Å². The molecule has 1 N–H and O–H groups in total. The summed E-state index contributed by atoms with van der Waals surface area (Å²) in [5.74, 6) is -0.933. The number of carboxylic acids is 1. The summed E-state index contributed by atoms with van der Waals surface area (Å²) in [5.41, 5.74) is 2.89. The Morgan fingerprint density at radius 1 is 1.00 bits per heavy atom. The lowest BCUT2D eigenvalue weighted by Crippen LogP contribution is -2.00. The highest BCUT2D eigenvalue weighted by Crippen LogP contribution is 2.23. The lowest BCUT2D eigenvalue weighted by molar-refractivity contribution is 0.0697. The van der Waals surface area contributed by atoms with Crippen LogP contribution in [0.3, 0.4) is 0 Å². The molecule has 0 atom stereocenters. The van der Waals surface area contributed by atoms with Crippen LogP contribution in [0.2, 0.25) is 0 Å². The van der Waals surface area contributed by atoms with Gasteiger partial charge in [0, 0.05) is 5.56 Å². The van der Waals surface area contributed by atoms with Crippen molar-refractivity contribution in [1.29, 1.82) is 0 Å². The summed E-state index contributed by atoms with van der Waals surface area (Å²) in [6.45, 7) is 0. The molecule has 2 aromatic carbocycles. The van der Waals surface area contributed by atoms with Crippen molar-refractivity contribution in [1.82, 2.24) is 9.78 Å². The van der Waals surface area contributed by atoms with E-state index in [4.69, 9.17) is 5.11 Å². The van der Waals surface area contributed by atoms with Crippen molar-refractivity contribution >= 4 is 5.97 Å². The van der Waals surface area contributed by atoms with E-state index in [-0.39, 0.29) is 5.56 Å². The maximum Gasteiger partial charge on any atom is 0.335 e. The first-order valence-electron chi connectivity index (χ1n) is 6.19. The molecule has 1 aromatic heterocycles. The summed E-state index contributed by atoms with van der Waals surface area (Å²) in [7, 11) is 0. The van der Waals surface area contributed by atoms with E-state index in [2.05, 4.69) is 5.10 Å². The average molecular weight is 264 g/mol. The molecule has 0 unspecified atom stereocenters. The van der Waals surface area contributed by atoms with E-state index in [1.54, 1.807) is 29.1 Å². The average Bonchev–Trinajstić information content (AvgIpc) is 2.98. The van der Waals surface area contributed by atoms with E-state index in [9.17, 15) is 4.79 Å². The molecule has 4 nitrogen and oxygen atoms in total. The predicted molar refractivity (Wildman–Crippen MR) is 76.0 cm³/mol. The van der Waals surface area contributed by atoms with Gasteiger partial charge in [0.05, 0.1) is 23.1 Å². The second kappa shape index (κ2) is 5.01. The topological polar surface area (TPSA) is 55.1 Å². The second-order valence-electron chi connectivity index (χ2n) is 4.35. The van der Waals surface area contributed by atoms with Gasteiger partial charge in [-0.1, -0.05) is 30.3 Å². The number of carboxylic acid groups (broad SMARTS) is 1. The van der Waals surface area contributed by atoms with Gasteiger partial charge in [0.25, 0.3) is 0 Å². The molecule has 0 amide bonds. The standard InChI is InChI=1S/C16H12N2O2/c19-16(20)13-6-4-5-12(11-13)15-9-10-17-18(15)14-7-2-1-3-8-14/h1-11H,(H,19,20). The van der Waals surface area contributed by atoms with Gasteiger partial charge in [-0.2, -0.15) is 5.10 Å². The van der Waals surface area contributed by atoms with Crippen LogP contribution in [0.1, 0.15) is 10.4 Å². The highest BCUT2D eigenvalue weighted by molar-refractivity contribution is 5.89. The number of hydrogen-bond donors (Lipinski definition) is 1. The number of aromatic nitrogens is 2. The van der Waals surface area contributed by atoms with Crippen molar-refractivity contribution in [2.75, 3.05) is 0 Å². The van der Waals surface area contributed by atoms with Crippen LogP contribution in [0.4, 0.5) is 0 Å². The molecule has 0 saturated carbocycles. The predicted octanol–water partition coefficient (Wildman–Crippen LogP) is 3.24. The van der Waals surface area contributed by atoms with Crippen molar-refractivity contribution in [3.63, 3.8) is 0 Å². The third-order valence-electron chi connectivity index (χ3n) is 3.05. The van der Waals surface area contributed by atoms with Gasteiger partial charge in [-0.25, -0.2) is 9.48 Å². The third-order valence-corrected chi connectivity index (χ3v) is 3.05. The van der Waals surface area contributed by atoms with Crippen molar-refractivity contribution in [2.24, 2.45) is 0 Å². The van der Waals surface area contributed by atoms with Gasteiger partial charge in [-0.05, 0) is 30.3 Å². The lowest BCUT2D eigenvalue weighted by atomic mass is 10.1. The minimum Gasteiger partial charge on any atom is -0.478 e. The number of nitrogens with zero attached hydrogens (tertiary/aromatic N) is 2. The molecular formula is C16H12N2O2. The zero-order valence-electron chi connectivity index (χ0n) is 10.6. The Kier molecular flexibility index (Phi) is 3.05. The first kappa shape index (κ1) is 12.2. The van der Waals surface area contributed by atoms with Crippen LogP contribution >= 0.6 is 0 Å². The Morgan fingerprint density at radius 2 is 1.80 bits per heavy atom. The zero-order valence-corrected chi connectivity index (χ0v) is 10.6. The van der Waals surface area contributed by atoms with Crippen LogP contribution in [0.5, 0.6) is 0 Å². The summed E-state index contributed by atoms with van der Waals surface area (Å²) in [5, 5.41) is 13.4. The van der Waals surface area contributed by atoms with E-state index in [1.165, 1.54) is 0 Å². The van der Waals surface area contributed by atoms with Gasteiger partial charge < -0.3 is 5.11 Å². The van der Waals surface area contributed by atoms with Gasteiger partial charge in [-0.3, -0.25) is 0 Å². The summed E-state index contributed by atoms with van der Waals surface area (Å²) in [6, 6.07) is 18.4. The molecular weight excluding hydrogens is 252 g/mol. The molecule has 0 aliphatic carbocycles. The number of benzene rings is 2. The molecule has 0 bridgehead atoms. The number of rotatable bonds is 3. The Bertz CT molecular complexity index is 748. The molecule has 0 saturated heterocycles. The van der Waals surface area contributed by atoms with E-state index < -0.39 is 5.97 Å². The fraction of sp³-hybridized carbons (Fsp3) is 0. The molecule has 0 radical (unpaired) electrons. The van der Waals surface area contributed by atoms with Crippen LogP contribution < -0.4 is 0 Å². The SMILES string of the molecule is O=C(O)c1cccc(-c2ccnn2-c2ccccc2)c1. The van der Waals surface area contributed by atoms with Gasteiger partial charge in [0.2, 0.25) is 0 Å². The van der Waals surface area contributed by atoms with Gasteiger partial charge >= 0.3 is 5.97 Å². The van der Waals surface area contributed by atoms with Gasteiger partial charge in [0.15, 0.2) is 0 Å². The summed E-state index contributed by atoms with van der Waals surface area (Å²) in [4.78, 5) is 11.1. The maximum atomic E-state index is 11.1. The largest absolute Gasteiger partial charge is 0.478 e. The Labute approximate surface area is 115 Å². The van der Waals surface area contributed by atoms with E-state index in [1.807, 2.05) is 42.5 Å². The molecule has 0 aliphatic rings. The van der Waals surface area contributed by atoms with Crippen LogP contribution in [-0.2, 0) is 0 Å². The molecule has 3 rings (SSSR count). The summed E-state index contributed by atoms with van der Waals surface area (Å²) < 4.78 is 1.79. The zero-order chi connectivity index (χ0) is 13.9. The van der Waals surface area contributed by atoms with E-state index >= 15 is 0 Å². The van der Waals surface area contributed by atoms with E-state index in [0.29, 0.717) is 0 Å². The monoisotopic (exact) mass is 264 g/mol. The van der Waals surface area contributed by atoms with Crippen molar-refractivity contribution in [2.45, 2.75) is 0 Å². The molecule has 1 heterocycles. The molecule has 20 heavy (non-hydrogen) atoms. The first-order valence-corrected chi connectivity index (χ1v) is 6.19.